The third-order valence-electron chi connectivity index (χ3n) is 3.70. The fourth-order valence-electron chi connectivity index (χ4n) is 2.71. The summed E-state index contributed by atoms with van der Waals surface area (Å²) in [6.45, 7) is 0.252. The van der Waals surface area contributed by atoms with Gasteiger partial charge in [0.15, 0.2) is 5.78 Å². The number of halogens is 1. The molecule has 3 heteroatoms. The number of carbonyl (C=O) groups excluding carboxylic acids is 1. The molecule has 0 unspecified atom stereocenters. The molecular formula is C15H20FNO. The molecule has 1 fully saturated rings. The number of carbonyl (C=O) groups is 1. The lowest BCUT2D eigenvalue weighted by Gasteiger charge is -2.22. The van der Waals surface area contributed by atoms with E-state index in [0.29, 0.717) is 11.5 Å². The minimum atomic E-state index is -0.219. The number of hydrogen-bond donors (Lipinski definition) is 1. The Morgan fingerprint density at radius 1 is 1.33 bits per heavy atom. The van der Waals surface area contributed by atoms with Crippen molar-refractivity contribution in [2.24, 2.45) is 0 Å². The first-order valence-corrected chi connectivity index (χ1v) is 6.69. The first-order valence-electron chi connectivity index (χ1n) is 6.69. The summed E-state index contributed by atoms with van der Waals surface area (Å²) in [7, 11) is 1.71. The minimum absolute atomic E-state index is 0.0633. The van der Waals surface area contributed by atoms with Crippen molar-refractivity contribution in [3.8, 4) is 0 Å². The highest BCUT2D eigenvalue weighted by atomic mass is 19.1. The lowest BCUT2D eigenvalue weighted by atomic mass is 9.83. The first kappa shape index (κ1) is 13.2. The van der Waals surface area contributed by atoms with Gasteiger partial charge in [0.2, 0.25) is 0 Å². The largest absolute Gasteiger partial charge is 0.313 e. The number of ketones is 1. The van der Waals surface area contributed by atoms with E-state index in [4.69, 9.17) is 0 Å². The molecule has 18 heavy (non-hydrogen) atoms. The Hall–Kier alpha value is -1.22. The van der Waals surface area contributed by atoms with Gasteiger partial charge in [0.25, 0.3) is 0 Å². The van der Waals surface area contributed by atoms with Gasteiger partial charge in [-0.25, -0.2) is 4.39 Å². The molecule has 1 saturated carbocycles. The van der Waals surface area contributed by atoms with Crippen molar-refractivity contribution in [1.82, 2.24) is 5.32 Å². The maximum atomic E-state index is 14.1. The minimum Gasteiger partial charge on any atom is -0.313 e. The maximum Gasteiger partial charge on any atom is 0.176 e. The molecular weight excluding hydrogens is 229 g/mol. The molecule has 1 aliphatic carbocycles. The van der Waals surface area contributed by atoms with Crippen LogP contribution in [0.25, 0.3) is 0 Å². The predicted molar refractivity (Wildman–Crippen MR) is 70.5 cm³/mol. The van der Waals surface area contributed by atoms with Gasteiger partial charge in [0.1, 0.15) is 5.82 Å². The van der Waals surface area contributed by atoms with Gasteiger partial charge in [-0.05, 0) is 37.4 Å². The summed E-state index contributed by atoms with van der Waals surface area (Å²) in [4.78, 5) is 11.7. The van der Waals surface area contributed by atoms with Crippen molar-refractivity contribution < 1.29 is 9.18 Å². The van der Waals surface area contributed by atoms with Gasteiger partial charge in [0, 0.05) is 5.56 Å². The van der Waals surface area contributed by atoms with Gasteiger partial charge in [-0.3, -0.25) is 4.79 Å². The molecule has 0 radical (unpaired) electrons. The smallest absolute Gasteiger partial charge is 0.176 e. The summed E-state index contributed by atoms with van der Waals surface area (Å²) in [5, 5.41) is 2.79. The van der Waals surface area contributed by atoms with Gasteiger partial charge >= 0.3 is 0 Å². The molecule has 0 atom stereocenters. The van der Waals surface area contributed by atoms with Crippen molar-refractivity contribution >= 4 is 5.78 Å². The molecule has 1 aliphatic rings. The standard InChI is InChI=1S/C15H20FNO/c1-17-10-15(18)12-7-8-13(14(16)9-12)11-5-3-2-4-6-11/h7-9,11,17H,2-6,10H2,1H3. The van der Waals surface area contributed by atoms with Gasteiger partial charge in [-0.15, -0.1) is 0 Å². The van der Waals surface area contributed by atoms with Gasteiger partial charge in [-0.2, -0.15) is 0 Å². The molecule has 98 valence electrons. The summed E-state index contributed by atoms with van der Waals surface area (Å²) in [5.74, 6) is 0.0580. The average molecular weight is 249 g/mol. The fraction of sp³-hybridized carbons (Fsp3) is 0.533. The molecule has 0 heterocycles. The second-order valence-electron chi connectivity index (χ2n) is 5.02. The van der Waals surface area contributed by atoms with Crippen molar-refractivity contribution in [3.63, 3.8) is 0 Å². The Bertz CT molecular complexity index is 425. The molecule has 0 spiro atoms. The van der Waals surface area contributed by atoms with Crippen LogP contribution in [-0.4, -0.2) is 19.4 Å². The summed E-state index contributed by atoms with van der Waals surface area (Å²) in [5.41, 5.74) is 1.25. The Morgan fingerprint density at radius 2 is 2.06 bits per heavy atom. The molecule has 0 bridgehead atoms. The Kier molecular flexibility index (Phi) is 4.48. The number of nitrogens with one attached hydrogen (secondary N) is 1. The van der Waals surface area contributed by atoms with Crippen LogP contribution >= 0.6 is 0 Å². The van der Waals surface area contributed by atoms with Crippen LogP contribution in [0.1, 0.15) is 53.9 Å². The molecule has 0 saturated heterocycles. The van der Waals surface area contributed by atoms with E-state index in [1.807, 2.05) is 0 Å². The van der Waals surface area contributed by atoms with Crippen LogP contribution < -0.4 is 5.32 Å². The summed E-state index contributed by atoms with van der Waals surface area (Å²) < 4.78 is 14.1. The van der Waals surface area contributed by atoms with E-state index in [0.717, 1.165) is 18.4 Å². The van der Waals surface area contributed by atoms with Crippen molar-refractivity contribution in [2.45, 2.75) is 38.0 Å². The average Bonchev–Trinajstić information content (AvgIpc) is 2.40. The first-order chi connectivity index (χ1) is 8.72. The number of benzene rings is 1. The van der Waals surface area contributed by atoms with Gasteiger partial charge in [-0.1, -0.05) is 31.4 Å². The number of Topliss-reactive ketones (excluding diaryl/α,β-unsaturated/α-hetero) is 1. The Morgan fingerprint density at radius 3 is 2.67 bits per heavy atom. The van der Waals surface area contributed by atoms with Crippen LogP contribution in [0.2, 0.25) is 0 Å². The number of rotatable bonds is 4. The topological polar surface area (TPSA) is 29.1 Å². The van der Waals surface area contributed by atoms with E-state index in [1.165, 1.54) is 25.3 Å². The normalized spacial score (nSPS) is 16.8. The highest BCUT2D eigenvalue weighted by Gasteiger charge is 2.19. The summed E-state index contributed by atoms with van der Waals surface area (Å²) >= 11 is 0. The third kappa shape index (κ3) is 2.96. The maximum absolute atomic E-state index is 14.1. The van der Waals surface area contributed by atoms with Crippen molar-refractivity contribution in [3.05, 3.63) is 35.1 Å². The molecule has 1 aromatic carbocycles. The second-order valence-corrected chi connectivity index (χ2v) is 5.02. The van der Waals surface area contributed by atoms with Crippen LogP contribution in [-0.2, 0) is 0 Å². The van der Waals surface area contributed by atoms with Crippen LogP contribution in [0, 0.1) is 5.82 Å². The van der Waals surface area contributed by atoms with Crippen molar-refractivity contribution in [2.75, 3.05) is 13.6 Å². The van der Waals surface area contributed by atoms with E-state index in [1.54, 1.807) is 19.2 Å². The second kappa shape index (κ2) is 6.10. The lowest BCUT2D eigenvalue weighted by Crippen LogP contribution is -2.19. The molecule has 0 aromatic heterocycles. The molecule has 0 amide bonds. The zero-order valence-electron chi connectivity index (χ0n) is 10.8. The Labute approximate surface area is 108 Å². The van der Waals surface area contributed by atoms with Crippen LogP contribution in [0.15, 0.2) is 18.2 Å². The third-order valence-corrected chi connectivity index (χ3v) is 3.70. The van der Waals surface area contributed by atoms with E-state index in [2.05, 4.69) is 5.32 Å². The van der Waals surface area contributed by atoms with Gasteiger partial charge in [0.05, 0.1) is 6.54 Å². The lowest BCUT2D eigenvalue weighted by molar-refractivity contribution is 0.0993. The molecule has 2 rings (SSSR count). The van der Waals surface area contributed by atoms with E-state index in [9.17, 15) is 9.18 Å². The number of hydrogen-bond acceptors (Lipinski definition) is 2. The van der Waals surface area contributed by atoms with E-state index >= 15 is 0 Å². The van der Waals surface area contributed by atoms with Gasteiger partial charge < -0.3 is 5.32 Å². The SMILES string of the molecule is CNCC(=O)c1ccc(C2CCCCC2)c(F)c1. The molecule has 2 nitrogen and oxygen atoms in total. The highest BCUT2D eigenvalue weighted by molar-refractivity contribution is 5.97. The molecule has 0 aliphatic heterocycles. The Balaban J connectivity index is 2.16. The summed E-state index contributed by atoms with van der Waals surface area (Å²) in [6, 6.07) is 4.95. The fourth-order valence-corrected chi connectivity index (χ4v) is 2.71. The van der Waals surface area contributed by atoms with Crippen LogP contribution in [0.4, 0.5) is 4.39 Å². The zero-order valence-corrected chi connectivity index (χ0v) is 10.8. The van der Waals surface area contributed by atoms with E-state index in [-0.39, 0.29) is 18.1 Å². The highest BCUT2D eigenvalue weighted by Crippen LogP contribution is 2.34. The summed E-state index contributed by atoms with van der Waals surface area (Å²) in [6.07, 6.45) is 5.77. The van der Waals surface area contributed by atoms with Crippen molar-refractivity contribution in [1.29, 1.82) is 0 Å². The number of likely N-dealkylation sites (N-methyl/N-ethyl adjacent to an activating group) is 1. The molecule has 1 N–H and O–H groups in total. The van der Waals surface area contributed by atoms with Crippen LogP contribution in [0.5, 0.6) is 0 Å². The zero-order chi connectivity index (χ0) is 13.0. The van der Waals surface area contributed by atoms with E-state index < -0.39 is 0 Å². The predicted octanol–water partition coefficient (Wildman–Crippen LogP) is 3.28. The quantitative estimate of drug-likeness (QED) is 0.830. The monoisotopic (exact) mass is 249 g/mol. The molecule has 1 aromatic rings. The van der Waals surface area contributed by atoms with Crippen LogP contribution in [0.3, 0.4) is 0 Å².